The van der Waals surface area contributed by atoms with E-state index >= 15 is 0 Å². The van der Waals surface area contributed by atoms with Crippen molar-refractivity contribution in [3.05, 3.63) is 115 Å². The van der Waals surface area contributed by atoms with Gasteiger partial charge in [0.2, 0.25) is 0 Å². The van der Waals surface area contributed by atoms with E-state index < -0.39 is 5.37 Å². The van der Waals surface area contributed by atoms with Crippen LogP contribution >= 0.6 is 11.8 Å². The van der Waals surface area contributed by atoms with Crippen molar-refractivity contribution < 1.29 is 4.79 Å². The van der Waals surface area contributed by atoms with Crippen molar-refractivity contribution in [1.29, 1.82) is 0 Å². The summed E-state index contributed by atoms with van der Waals surface area (Å²) in [5, 5.41) is 21.9. The van der Waals surface area contributed by atoms with E-state index in [-0.39, 0.29) is 5.78 Å². The zero-order valence-corrected chi connectivity index (χ0v) is 21.1. The van der Waals surface area contributed by atoms with Gasteiger partial charge in [0, 0.05) is 11.3 Å². The summed E-state index contributed by atoms with van der Waals surface area (Å²) in [6.07, 6.45) is 2.93. The number of aromatic nitrogens is 9. The minimum atomic E-state index is -0.750. The van der Waals surface area contributed by atoms with Gasteiger partial charge < -0.3 is 0 Å². The van der Waals surface area contributed by atoms with E-state index in [1.54, 1.807) is 16.8 Å². The van der Waals surface area contributed by atoms with Crippen LogP contribution in [0, 0.1) is 6.92 Å². The smallest absolute Gasteiger partial charge is 0.198 e. The summed E-state index contributed by atoms with van der Waals surface area (Å²) < 4.78 is 5.18. The number of rotatable bonds is 8. The molecule has 0 amide bonds. The minimum Gasteiger partial charge on any atom is -0.291 e. The van der Waals surface area contributed by atoms with Gasteiger partial charge in [0.1, 0.15) is 12.7 Å². The minimum absolute atomic E-state index is 0.128. The molecule has 0 unspecified atom stereocenters. The summed E-state index contributed by atoms with van der Waals surface area (Å²) >= 11 is 1.24. The molecule has 3 aromatic heterocycles. The molecule has 38 heavy (non-hydrogen) atoms. The van der Waals surface area contributed by atoms with Gasteiger partial charge in [-0.25, -0.2) is 14.3 Å². The molecule has 0 aliphatic carbocycles. The number of hydrogen-bond acceptors (Lipinski definition) is 8. The molecule has 0 aliphatic heterocycles. The van der Waals surface area contributed by atoms with Crippen LogP contribution in [0.5, 0.6) is 0 Å². The van der Waals surface area contributed by atoms with Crippen molar-refractivity contribution in [1.82, 2.24) is 44.5 Å². The Morgan fingerprint density at radius 2 is 1.47 bits per heavy atom. The quantitative estimate of drug-likeness (QED) is 0.212. The largest absolute Gasteiger partial charge is 0.291 e. The van der Waals surface area contributed by atoms with Crippen molar-refractivity contribution in [2.75, 3.05) is 0 Å². The number of ketones is 1. The number of Topliss-reactive ketones (excluding diaryl/α,β-unsaturated/α-hetero) is 1. The molecule has 0 saturated heterocycles. The van der Waals surface area contributed by atoms with E-state index in [0.717, 1.165) is 17.1 Å². The first-order chi connectivity index (χ1) is 18.7. The second-order valence-corrected chi connectivity index (χ2v) is 9.37. The third kappa shape index (κ3) is 4.39. The van der Waals surface area contributed by atoms with Crippen LogP contribution < -0.4 is 0 Å². The highest BCUT2D eigenvalue weighted by Crippen LogP contribution is 2.36. The maximum Gasteiger partial charge on any atom is 0.198 e. The Morgan fingerprint density at radius 1 is 0.816 bits per heavy atom. The lowest BCUT2D eigenvalue weighted by molar-refractivity contribution is 0.0962. The summed E-state index contributed by atoms with van der Waals surface area (Å²) in [5.41, 5.74) is 3.68. The van der Waals surface area contributed by atoms with Crippen molar-refractivity contribution in [2.45, 2.75) is 17.5 Å². The van der Waals surface area contributed by atoms with Crippen LogP contribution in [-0.4, -0.2) is 50.3 Å². The van der Waals surface area contributed by atoms with Crippen LogP contribution in [0.25, 0.3) is 22.9 Å². The van der Waals surface area contributed by atoms with Gasteiger partial charge in [-0.1, -0.05) is 83.7 Å². The van der Waals surface area contributed by atoms with E-state index in [9.17, 15) is 4.79 Å². The van der Waals surface area contributed by atoms with Crippen molar-refractivity contribution in [3.8, 4) is 22.9 Å². The second-order valence-electron chi connectivity index (χ2n) is 8.32. The maximum absolute atomic E-state index is 13.6. The molecule has 10 nitrogen and oxygen atoms in total. The van der Waals surface area contributed by atoms with Gasteiger partial charge in [0.25, 0.3) is 0 Å². The lowest BCUT2D eigenvalue weighted by Crippen LogP contribution is -2.18. The Hall–Kier alpha value is -4.90. The fourth-order valence-electron chi connectivity index (χ4n) is 4.07. The van der Waals surface area contributed by atoms with Gasteiger partial charge >= 0.3 is 0 Å². The normalized spacial score (nSPS) is 11.9. The summed E-state index contributed by atoms with van der Waals surface area (Å²) in [6, 6.07) is 28.6. The molecule has 6 rings (SSSR count). The Kier molecular flexibility index (Phi) is 6.32. The molecule has 3 aromatic carbocycles. The van der Waals surface area contributed by atoms with Crippen LogP contribution in [0.3, 0.4) is 0 Å². The van der Waals surface area contributed by atoms with Crippen LogP contribution in [0.4, 0.5) is 0 Å². The number of benzene rings is 3. The topological polar surface area (TPSA) is 109 Å². The van der Waals surface area contributed by atoms with Gasteiger partial charge in [0.05, 0.1) is 11.4 Å². The molecule has 0 radical (unpaired) electrons. The molecule has 0 bridgehead atoms. The Bertz CT molecular complexity index is 1660. The highest BCUT2D eigenvalue weighted by atomic mass is 32.2. The zero-order valence-electron chi connectivity index (χ0n) is 20.2. The van der Waals surface area contributed by atoms with E-state index in [2.05, 4.69) is 30.6 Å². The number of carbonyl (C=O) groups is 1. The van der Waals surface area contributed by atoms with Crippen LogP contribution in [0.15, 0.2) is 109 Å². The third-order valence-electron chi connectivity index (χ3n) is 5.93. The Labute approximate surface area is 222 Å². The Morgan fingerprint density at radius 3 is 2.13 bits per heavy atom. The fraction of sp³-hybridized carbons (Fsp3) is 0.0741. The predicted octanol–water partition coefficient (Wildman–Crippen LogP) is 4.59. The molecular formula is C27H21N9OS. The lowest BCUT2D eigenvalue weighted by Gasteiger charge is -2.16. The second kappa shape index (κ2) is 10.2. The van der Waals surface area contributed by atoms with Crippen LogP contribution in [0.2, 0.25) is 0 Å². The summed E-state index contributed by atoms with van der Waals surface area (Å²) in [6.45, 7) is 1.94. The standard InChI is InChI=1S/C27H21N9OS/c1-19-23(30-33-36(19)22-15-9-4-10-16-22)25-31-32-27(35(25)21-13-7-3-8-14-21)38-26(34-18-28-17-29-34)24(37)20-11-5-2-6-12-20/h2-18,26H,1H3/t26-/m0/s1. The number of hydrogen-bond donors (Lipinski definition) is 0. The van der Waals surface area contributed by atoms with Gasteiger partial charge in [-0.2, -0.15) is 5.10 Å². The molecule has 0 spiro atoms. The maximum atomic E-state index is 13.6. The van der Waals surface area contributed by atoms with Gasteiger partial charge in [-0.3, -0.25) is 9.36 Å². The summed E-state index contributed by atoms with van der Waals surface area (Å²) in [5.74, 6) is 0.388. The first kappa shape index (κ1) is 23.5. The van der Waals surface area contributed by atoms with Gasteiger partial charge in [-0.05, 0) is 31.2 Å². The number of carbonyl (C=O) groups excluding carboxylic acids is 1. The van der Waals surface area contributed by atoms with E-state index in [1.165, 1.54) is 29.1 Å². The molecular weight excluding hydrogens is 498 g/mol. The lowest BCUT2D eigenvalue weighted by atomic mass is 10.1. The summed E-state index contributed by atoms with van der Waals surface area (Å²) in [7, 11) is 0. The van der Waals surface area contributed by atoms with Crippen LogP contribution in [-0.2, 0) is 0 Å². The summed E-state index contributed by atoms with van der Waals surface area (Å²) in [4.78, 5) is 17.7. The van der Waals surface area contributed by atoms with Gasteiger partial charge in [-0.15, -0.1) is 15.3 Å². The zero-order chi connectivity index (χ0) is 25.9. The highest BCUT2D eigenvalue weighted by Gasteiger charge is 2.29. The van der Waals surface area contributed by atoms with E-state index in [0.29, 0.717) is 22.2 Å². The molecule has 1 atom stereocenters. The Balaban J connectivity index is 1.46. The molecule has 0 N–H and O–H groups in total. The molecule has 0 fully saturated rings. The first-order valence-electron chi connectivity index (χ1n) is 11.8. The van der Waals surface area contributed by atoms with E-state index in [1.807, 2.05) is 90.4 Å². The molecule has 0 aliphatic rings. The average molecular weight is 520 g/mol. The third-order valence-corrected chi connectivity index (χ3v) is 7.06. The highest BCUT2D eigenvalue weighted by molar-refractivity contribution is 7.99. The molecule has 6 aromatic rings. The van der Waals surface area contributed by atoms with Crippen molar-refractivity contribution >= 4 is 17.5 Å². The van der Waals surface area contributed by atoms with E-state index in [4.69, 9.17) is 0 Å². The SMILES string of the molecule is Cc1c(-c2nnc(S[C@@H](C(=O)c3ccccc3)n3cncn3)n2-c2ccccc2)nnn1-c1ccccc1. The monoisotopic (exact) mass is 519 g/mol. The number of nitrogens with zero attached hydrogens (tertiary/aromatic N) is 9. The molecule has 0 saturated carbocycles. The average Bonchev–Trinajstić information content (AvgIpc) is 3.73. The first-order valence-corrected chi connectivity index (χ1v) is 12.7. The number of para-hydroxylation sites is 2. The van der Waals surface area contributed by atoms with Crippen molar-refractivity contribution in [3.63, 3.8) is 0 Å². The number of thioether (sulfide) groups is 1. The van der Waals surface area contributed by atoms with Gasteiger partial charge in [0.15, 0.2) is 27.8 Å². The fourth-order valence-corrected chi connectivity index (χ4v) is 5.12. The van der Waals surface area contributed by atoms with Crippen LogP contribution in [0.1, 0.15) is 21.4 Å². The predicted molar refractivity (Wildman–Crippen MR) is 142 cm³/mol. The molecule has 3 heterocycles. The molecule has 11 heteroatoms. The molecule has 186 valence electrons. The van der Waals surface area contributed by atoms with Crippen molar-refractivity contribution in [2.24, 2.45) is 0 Å².